The van der Waals surface area contributed by atoms with E-state index >= 15 is 0 Å². The summed E-state index contributed by atoms with van der Waals surface area (Å²) in [5, 5.41) is 11.5. The number of hydrogen-bond donors (Lipinski definition) is 3. The summed E-state index contributed by atoms with van der Waals surface area (Å²) in [7, 11) is 0. The number of anilines is 1. The lowest BCUT2D eigenvalue weighted by molar-refractivity contribution is -0.118. The zero-order valence-corrected chi connectivity index (χ0v) is 11.7. The van der Waals surface area contributed by atoms with Crippen molar-refractivity contribution in [3.8, 4) is 0 Å². The molecule has 0 bridgehead atoms. The number of aromatic carboxylic acids is 1. The molecule has 0 aliphatic carbocycles. The molecule has 0 spiro atoms. The summed E-state index contributed by atoms with van der Waals surface area (Å²) in [6, 6.07) is 3.77. The average molecular weight is 315 g/mol. The van der Waals surface area contributed by atoms with Crippen LogP contribution in [0.25, 0.3) is 0 Å². The Balaban J connectivity index is 2.93. The van der Waals surface area contributed by atoms with Crippen LogP contribution in [-0.4, -0.2) is 23.0 Å². The summed E-state index contributed by atoms with van der Waals surface area (Å²) in [6.07, 6.45) is 0. The van der Waals surface area contributed by atoms with Crippen LogP contribution >= 0.6 is 15.9 Å². The maximum atomic E-state index is 11.8. The van der Waals surface area contributed by atoms with Crippen LogP contribution in [0.3, 0.4) is 0 Å². The highest BCUT2D eigenvalue weighted by molar-refractivity contribution is 9.10. The third-order valence-corrected chi connectivity index (χ3v) is 3.18. The first kappa shape index (κ1) is 14.7. The molecular weight excluding hydrogens is 300 g/mol. The summed E-state index contributed by atoms with van der Waals surface area (Å²) >= 11 is 3.25. The lowest BCUT2D eigenvalue weighted by Crippen LogP contribution is -2.39. The van der Waals surface area contributed by atoms with Gasteiger partial charge in [0.1, 0.15) is 0 Å². The SMILES string of the molecule is CC(C)[C@H](N)C(=O)Nc1cc(C(=O)O)ccc1Br. The molecular formula is C12H15BrN2O3. The fourth-order valence-corrected chi connectivity index (χ4v) is 1.62. The van der Waals surface area contributed by atoms with E-state index in [4.69, 9.17) is 10.8 Å². The van der Waals surface area contributed by atoms with Crippen LogP contribution in [-0.2, 0) is 4.79 Å². The van der Waals surface area contributed by atoms with Gasteiger partial charge in [0.05, 0.1) is 17.3 Å². The van der Waals surface area contributed by atoms with Gasteiger partial charge in [0.2, 0.25) is 5.91 Å². The number of nitrogens with two attached hydrogens (primary N) is 1. The van der Waals surface area contributed by atoms with E-state index in [0.29, 0.717) is 10.2 Å². The number of hydrogen-bond acceptors (Lipinski definition) is 3. The number of amides is 1. The zero-order chi connectivity index (χ0) is 13.9. The molecule has 0 saturated carbocycles. The van der Waals surface area contributed by atoms with Gasteiger partial charge in [-0.1, -0.05) is 13.8 Å². The number of carbonyl (C=O) groups excluding carboxylic acids is 1. The predicted octanol–water partition coefficient (Wildman–Crippen LogP) is 2.07. The van der Waals surface area contributed by atoms with E-state index < -0.39 is 12.0 Å². The van der Waals surface area contributed by atoms with E-state index in [2.05, 4.69) is 21.2 Å². The van der Waals surface area contributed by atoms with Gasteiger partial charge in [-0.05, 0) is 40.0 Å². The van der Waals surface area contributed by atoms with Crippen molar-refractivity contribution in [2.24, 2.45) is 11.7 Å². The number of halogens is 1. The van der Waals surface area contributed by atoms with Crippen LogP contribution < -0.4 is 11.1 Å². The Morgan fingerprint density at radius 2 is 2.00 bits per heavy atom. The van der Waals surface area contributed by atoms with Crippen molar-refractivity contribution >= 4 is 33.5 Å². The highest BCUT2D eigenvalue weighted by Gasteiger charge is 2.18. The van der Waals surface area contributed by atoms with Crippen LogP contribution in [0, 0.1) is 5.92 Å². The van der Waals surface area contributed by atoms with Crippen molar-refractivity contribution < 1.29 is 14.7 Å². The number of rotatable bonds is 4. The fourth-order valence-electron chi connectivity index (χ4n) is 1.27. The minimum Gasteiger partial charge on any atom is -0.478 e. The second-order valence-electron chi connectivity index (χ2n) is 4.26. The molecule has 1 aromatic carbocycles. The molecule has 0 aliphatic heterocycles. The molecule has 0 radical (unpaired) electrons. The van der Waals surface area contributed by atoms with Gasteiger partial charge in [0.25, 0.3) is 0 Å². The summed E-state index contributed by atoms with van der Waals surface area (Å²) in [4.78, 5) is 22.6. The van der Waals surface area contributed by atoms with Crippen molar-refractivity contribution in [3.05, 3.63) is 28.2 Å². The molecule has 1 atom stereocenters. The molecule has 18 heavy (non-hydrogen) atoms. The molecule has 0 unspecified atom stereocenters. The Morgan fingerprint density at radius 1 is 1.39 bits per heavy atom. The molecule has 0 aromatic heterocycles. The first-order valence-corrected chi connectivity index (χ1v) is 6.21. The average Bonchev–Trinajstić information content (AvgIpc) is 2.30. The normalized spacial score (nSPS) is 12.3. The minimum absolute atomic E-state index is 0.00596. The molecule has 98 valence electrons. The molecule has 4 N–H and O–H groups in total. The highest BCUT2D eigenvalue weighted by Crippen LogP contribution is 2.24. The molecule has 0 fully saturated rings. The van der Waals surface area contributed by atoms with Crippen LogP contribution in [0.15, 0.2) is 22.7 Å². The number of carboxylic acids is 1. The summed E-state index contributed by atoms with van der Waals surface area (Å²) in [5.74, 6) is -1.38. The zero-order valence-electron chi connectivity index (χ0n) is 10.1. The van der Waals surface area contributed by atoms with E-state index in [1.54, 1.807) is 6.07 Å². The maximum Gasteiger partial charge on any atom is 0.335 e. The highest BCUT2D eigenvalue weighted by atomic mass is 79.9. The fraction of sp³-hybridized carbons (Fsp3) is 0.333. The van der Waals surface area contributed by atoms with E-state index in [1.807, 2.05) is 13.8 Å². The largest absolute Gasteiger partial charge is 0.478 e. The second-order valence-corrected chi connectivity index (χ2v) is 5.11. The second kappa shape index (κ2) is 5.97. The van der Waals surface area contributed by atoms with Gasteiger partial charge < -0.3 is 16.2 Å². The van der Waals surface area contributed by atoms with Gasteiger partial charge in [0.15, 0.2) is 0 Å². The van der Waals surface area contributed by atoms with Gasteiger partial charge in [-0.2, -0.15) is 0 Å². The first-order chi connectivity index (χ1) is 8.32. The molecule has 1 aromatic rings. The van der Waals surface area contributed by atoms with E-state index in [0.717, 1.165) is 0 Å². The van der Waals surface area contributed by atoms with Crippen LogP contribution in [0.5, 0.6) is 0 Å². The Morgan fingerprint density at radius 3 is 2.50 bits per heavy atom. The molecule has 5 nitrogen and oxygen atoms in total. The lowest BCUT2D eigenvalue weighted by atomic mass is 10.0. The number of benzene rings is 1. The summed E-state index contributed by atoms with van der Waals surface area (Å²) < 4.78 is 0.608. The van der Waals surface area contributed by atoms with Crippen molar-refractivity contribution in [2.45, 2.75) is 19.9 Å². The van der Waals surface area contributed by atoms with Gasteiger partial charge in [0, 0.05) is 4.47 Å². The van der Waals surface area contributed by atoms with Crippen molar-refractivity contribution in [1.29, 1.82) is 0 Å². The summed E-state index contributed by atoms with van der Waals surface area (Å²) in [6.45, 7) is 3.68. The van der Waals surface area contributed by atoms with E-state index in [1.165, 1.54) is 12.1 Å². The Labute approximate surface area is 113 Å². The van der Waals surface area contributed by atoms with Crippen molar-refractivity contribution in [2.75, 3.05) is 5.32 Å². The van der Waals surface area contributed by atoms with Gasteiger partial charge >= 0.3 is 5.97 Å². The van der Waals surface area contributed by atoms with Crippen molar-refractivity contribution in [1.82, 2.24) is 0 Å². The molecule has 0 aliphatic rings. The van der Waals surface area contributed by atoms with Crippen LogP contribution in [0.4, 0.5) is 5.69 Å². The van der Waals surface area contributed by atoms with Gasteiger partial charge in [-0.15, -0.1) is 0 Å². The third-order valence-electron chi connectivity index (χ3n) is 2.49. The topological polar surface area (TPSA) is 92.4 Å². The Kier molecular flexibility index (Phi) is 4.86. The van der Waals surface area contributed by atoms with Gasteiger partial charge in [-0.3, -0.25) is 4.79 Å². The molecule has 1 rings (SSSR count). The molecule has 0 heterocycles. The van der Waals surface area contributed by atoms with Crippen LogP contribution in [0.2, 0.25) is 0 Å². The lowest BCUT2D eigenvalue weighted by Gasteiger charge is -2.16. The number of nitrogens with one attached hydrogen (secondary N) is 1. The molecule has 6 heteroatoms. The van der Waals surface area contributed by atoms with E-state index in [9.17, 15) is 9.59 Å². The Hall–Kier alpha value is -1.40. The third kappa shape index (κ3) is 3.54. The van der Waals surface area contributed by atoms with Crippen molar-refractivity contribution in [3.63, 3.8) is 0 Å². The Bertz CT molecular complexity index is 474. The van der Waals surface area contributed by atoms with Crippen LogP contribution in [0.1, 0.15) is 24.2 Å². The maximum absolute atomic E-state index is 11.8. The smallest absolute Gasteiger partial charge is 0.335 e. The number of carbonyl (C=O) groups is 2. The quantitative estimate of drug-likeness (QED) is 0.793. The standard InChI is InChI=1S/C12H15BrN2O3/c1-6(2)10(14)11(16)15-9-5-7(12(17)18)3-4-8(9)13/h3-6,10H,14H2,1-2H3,(H,15,16)(H,17,18)/t10-/m0/s1. The summed E-state index contributed by atoms with van der Waals surface area (Å²) in [5.41, 5.74) is 6.21. The number of carboxylic acid groups (broad SMARTS) is 1. The predicted molar refractivity (Wildman–Crippen MR) is 72.5 cm³/mol. The monoisotopic (exact) mass is 314 g/mol. The molecule has 1 amide bonds. The first-order valence-electron chi connectivity index (χ1n) is 5.42. The van der Waals surface area contributed by atoms with E-state index in [-0.39, 0.29) is 17.4 Å². The molecule has 0 saturated heterocycles. The minimum atomic E-state index is -1.05. The van der Waals surface area contributed by atoms with Gasteiger partial charge in [-0.25, -0.2) is 4.79 Å².